The fraction of sp³-hybridized carbons (Fsp3) is 0.0667. The molecule has 2 heterocycles. The van der Waals surface area contributed by atoms with Crippen LogP contribution in [0.25, 0.3) is 5.65 Å². The van der Waals surface area contributed by atoms with Gasteiger partial charge in [-0.05, 0) is 42.8 Å². The topological polar surface area (TPSA) is 46.4 Å². The highest BCUT2D eigenvalue weighted by Crippen LogP contribution is 2.21. The van der Waals surface area contributed by atoms with Crippen LogP contribution in [0.1, 0.15) is 15.9 Å². The van der Waals surface area contributed by atoms with Crippen LogP contribution in [-0.4, -0.2) is 15.3 Å². The molecule has 3 aromatic rings. The van der Waals surface area contributed by atoms with Crippen molar-refractivity contribution in [2.24, 2.45) is 0 Å². The van der Waals surface area contributed by atoms with Crippen LogP contribution in [0.3, 0.4) is 0 Å². The number of nitrogens with zero attached hydrogens (tertiary/aromatic N) is 2. The fourth-order valence-electron chi connectivity index (χ4n) is 2.08. The predicted octanol–water partition coefficient (Wildman–Crippen LogP) is 3.66. The third-order valence-corrected chi connectivity index (χ3v) is 3.59. The molecule has 0 saturated heterocycles. The van der Waals surface area contributed by atoms with Crippen molar-refractivity contribution in [2.45, 2.75) is 6.92 Å². The Labute approximate surface area is 124 Å². The van der Waals surface area contributed by atoms with Crippen LogP contribution in [-0.2, 0) is 0 Å². The van der Waals surface area contributed by atoms with E-state index < -0.39 is 0 Å². The van der Waals surface area contributed by atoms with Crippen LogP contribution in [0.5, 0.6) is 0 Å². The van der Waals surface area contributed by atoms with Crippen molar-refractivity contribution in [3.8, 4) is 0 Å². The first-order valence-corrected chi connectivity index (χ1v) is 6.93. The van der Waals surface area contributed by atoms with Gasteiger partial charge in [0.15, 0.2) is 0 Å². The summed E-state index contributed by atoms with van der Waals surface area (Å²) in [7, 11) is 0. The van der Waals surface area contributed by atoms with Gasteiger partial charge in [0.2, 0.25) is 0 Å². The highest BCUT2D eigenvalue weighted by Gasteiger charge is 2.12. The number of amides is 1. The SMILES string of the molecule is Cc1cc(Br)ccc1NC(=O)c1cccn2ccnc12. The number of carbonyl (C=O) groups excluding carboxylic acids is 1. The van der Waals surface area contributed by atoms with Crippen molar-refractivity contribution in [3.63, 3.8) is 0 Å². The van der Waals surface area contributed by atoms with Crippen molar-refractivity contribution in [3.05, 3.63) is 64.5 Å². The summed E-state index contributed by atoms with van der Waals surface area (Å²) in [5.41, 5.74) is 3.01. The van der Waals surface area contributed by atoms with Gasteiger partial charge in [-0.2, -0.15) is 0 Å². The minimum absolute atomic E-state index is 0.160. The fourth-order valence-corrected chi connectivity index (χ4v) is 2.56. The van der Waals surface area contributed by atoms with E-state index in [1.807, 2.05) is 48.0 Å². The summed E-state index contributed by atoms with van der Waals surface area (Å²) in [5, 5.41) is 2.92. The maximum absolute atomic E-state index is 12.4. The van der Waals surface area contributed by atoms with E-state index in [0.717, 1.165) is 15.7 Å². The van der Waals surface area contributed by atoms with Gasteiger partial charge in [0.05, 0.1) is 5.56 Å². The Morgan fingerprint density at radius 2 is 2.15 bits per heavy atom. The van der Waals surface area contributed by atoms with E-state index in [4.69, 9.17) is 0 Å². The molecule has 0 saturated carbocycles. The van der Waals surface area contributed by atoms with Crippen molar-refractivity contribution in [2.75, 3.05) is 5.32 Å². The van der Waals surface area contributed by atoms with Crippen molar-refractivity contribution < 1.29 is 4.79 Å². The van der Waals surface area contributed by atoms with Gasteiger partial charge in [0, 0.05) is 28.8 Å². The standard InChI is InChI=1S/C15H12BrN3O/c1-10-9-11(16)4-5-13(10)18-15(20)12-3-2-7-19-8-6-17-14(12)19/h2-9H,1H3,(H,18,20). The number of rotatable bonds is 2. The van der Waals surface area contributed by atoms with Gasteiger partial charge in [-0.15, -0.1) is 0 Å². The number of anilines is 1. The highest BCUT2D eigenvalue weighted by atomic mass is 79.9. The lowest BCUT2D eigenvalue weighted by molar-refractivity contribution is 0.102. The number of pyridine rings is 1. The zero-order valence-corrected chi connectivity index (χ0v) is 12.4. The Kier molecular flexibility index (Phi) is 3.28. The summed E-state index contributed by atoms with van der Waals surface area (Å²) in [6.45, 7) is 1.95. The van der Waals surface area contributed by atoms with Crippen molar-refractivity contribution in [1.82, 2.24) is 9.38 Å². The molecule has 2 aromatic heterocycles. The van der Waals surface area contributed by atoms with Gasteiger partial charge in [-0.1, -0.05) is 15.9 Å². The molecule has 3 rings (SSSR count). The Morgan fingerprint density at radius 3 is 2.95 bits per heavy atom. The monoisotopic (exact) mass is 329 g/mol. The van der Waals surface area contributed by atoms with Gasteiger partial charge >= 0.3 is 0 Å². The summed E-state index contributed by atoms with van der Waals surface area (Å²) < 4.78 is 2.81. The first kappa shape index (κ1) is 12.9. The Hall–Kier alpha value is -2.14. The largest absolute Gasteiger partial charge is 0.322 e. The molecule has 0 spiro atoms. The summed E-state index contributed by atoms with van der Waals surface area (Å²) in [6, 6.07) is 9.34. The summed E-state index contributed by atoms with van der Waals surface area (Å²) in [5.74, 6) is -0.160. The Balaban J connectivity index is 1.95. The van der Waals surface area contributed by atoms with E-state index in [-0.39, 0.29) is 5.91 Å². The number of aryl methyl sites for hydroxylation is 1. The lowest BCUT2D eigenvalue weighted by Crippen LogP contribution is -2.14. The van der Waals surface area contributed by atoms with Crippen LogP contribution in [0, 0.1) is 6.92 Å². The number of halogens is 1. The third kappa shape index (κ3) is 2.32. The normalized spacial score (nSPS) is 10.7. The molecular formula is C15H12BrN3O. The molecule has 20 heavy (non-hydrogen) atoms. The zero-order valence-electron chi connectivity index (χ0n) is 10.8. The van der Waals surface area contributed by atoms with Crippen molar-refractivity contribution in [1.29, 1.82) is 0 Å². The maximum Gasteiger partial charge on any atom is 0.259 e. The number of nitrogens with one attached hydrogen (secondary N) is 1. The molecule has 0 aliphatic rings. The lowest BCUT2D eigenvalue weighted by Gasteiger charge is -2.09. The number of hydrogen-bond acceptors (Lipinski definition) is 2. The molecule has 1 aromatic carbocycles. The molecule has 5 heteroatoms. The number of carbonyl (C=O) groups is 1. The van der Waals surface area contributed by atoms with Crippen LogP contribution in [0.2, 0.25) is 0 Å². The van der Waals surface area contributed by atoms with Gasteiger partial charge in [0.25, 0.3) is 5.91 Å². The first-order valence-electron chi connectivity index (χ1n) is 6.14. The number of aromatic nitrogens is 2. The molecular weight excluding hydrogens is 318 g/mol. The van der Waals surface area contributed by atoms with E-state index in [2.05, 4.69) is 26.2 Å². The maximum atomic E-state index is 12.4. The molecule has 0 bridgehead atoms. The van der Waals surface area contributed by atoms with Crippen LogP contribution in [0.15, 0.2) is 53.4 Å². The average molecular weight is 330 g/mol. The average Bonchev–Trinajstić information content (AvgIpc) is 2.90. The zero-order chi connectivity index (χ0) is 14.1. The van der Waals surface area contributed by atoms with Gasteiger partial charge in [-0.25, -0.2) is 4.98 Å². The molecule has 0 aliphatic carbocycles. The Morgan fingerprint density at radius 1 is 1.30 bits per heavy atom. The first-order chi connectivity index (χ1) is 9.65. The minimum Gasteiger partial charge on any atom is -0.322 e. The van der Waals surface area contributed by atoms with Crippen molar-refractivity contribution >= 4 is 33.2 Å². The molecule has 1 amide bonds. The second-order valence-corrected chi connectivity index (χ2v) is 5.41. The summed E-state index contributed by atoms with van der Waals surface area (Å²) in [6.07, 6.45) is 5.36. The van der Waals surface area contributed by atoms with Crippen LogP contribution >= 0.6 is 15.9 Å². The smallest absolute Gasteiger partial charge is 0.259 e. The second-order valence-electron chi connectivity index (χ2n) is 4.49. The lowest BCUT2D eigenvalue weighted by atomic mass is 10.2. The van der Waals surface area contributed by atoms with E-state index in [1.165, 1.54) is 0 Å². The molecule has 0 radical (unpaired) electrons. The number of fused-ring (bicyclic) bond motifs is 1. The molecule has 0 unspecified atom stereocenters. The van der Waals surface area contributed by atoms with Gasteiger partial charge < -0.3 is 9.72 Å². The summed E-state index contributed by atoms with van der Waals surface area (Å²) in [4.78, 5) is 16.6. The number of imidazole rings is 1. The van der Waals surface area contributed by atoms with E-state index in [0.29, 0.717) is 11.2 Å². The molecule has 0 atom stereocenters. The quantitative estimate of drug-likeness (QED) is 0.779. The van der Waals surface area contributed by atoms with Crippen LogP contribution < -0.4 is 5.32 Å². The highest BCUT2D eigenvalue weighted by molar-refractivity contribution is 9.10. The van der Waals surface area contributed by atoms with Gasteiger partial charge in [-0.3, -0.25) is 4.79 Å². The number of hydrogen-bond donors (Lipinski definition) is 1. The third-order valence-electron chi connectivity index (χ3n) is 3.10. The molecule has 4 nitrogen and oxygen atoms in total. The van der Waals surface area contributed by atoms with Crippen LogP contribution in [0.4, 0.5) is 5.69 Å². The van der Waals surface area contributed by atoms with E-state index in [1.54, 1.807) is 12.3 Å². The Bertz CT molecular complexity index is 795. The van der Waals surface area contributed by atoms with Gasteiger partial charge in [0.1, 0.15) is 5.65 Å². The summed E-state index contributed by atoms with van der Waals surface area (Å²) >= 11 is 3.41. The predicted molar refractivity (Wildman–Crippen MR) is 82.0 cm³/mol. The molecule has 100 valence electrons. The molecule has 0 fully saturated rings. The number of benzene rings is 1. The van der Waals surface area contributed by atoms with E-state index in [9.17, 15) is 4.79 Å². The van der Waals surface area contributed by atoms with E-state index >= 15 is 0 Å². The molecule has 1 N–H and O–H groups in total. The molecule has 0 aliphatic heterocycles. The minimum atomic E-state index is -0.160. The second kappa shape index (κ2) is 5.09.